The predicted molar refractivity (Wildman–Crippen MR) is 95.7 cm³/mol. The third kappa shape index (κ3) is 4.08. The summed E-state index contributed by atoms with van der Waals surface area (Å²) in [6.45, 7) is 0.569. The first-order chi connectivity index (χ1) is 12.6. The van der Waals surface area contributed by atoms with E-state index in [1.54, 1.807) is 5.51 Å². The minimum Gasteiger partial charge on any atom is -0.481 e. The molecular formula is C18H19N3O4S. The van der Waals surface area contributed by atoms with Gasteiger partial charge in [0.15, 0.2) is 0 Å². The zero-order valence-electron chi connectivity index (χ0n) is 14.0. The molecule has 8 heteroatoms. The SMILES string of the molecule is O=C(NCCc1cscn1)C(=O)N1C[C@@H](C(=O)O)[C@H](c2ccccc2)C1. The van der Waals surface area contributed by atoms with Crippen LogP contribution in [0.25, 0.3) is 0 Å². The van der Waals surface area contributed by atoms with Crippen LogP contribution in [0.1, 0.15) is 17.2 Å². The molecule has 3 rings (SSSR count). The summed E-state index contributed by atoms with van der Waals surface area (Å²) in [4.78, 5) is 41.5. The van der Waals surface area contributed by atoms with Gasteiger partial charge in [-0.25, -0.2) is 4.98 Å². The lowest BCUT2D eigenvalue weighted by Crippen LogP contribution is -2.42. The zero-order chi connectivity index (χ0) is 18.5. The maximum Gasteiger partial charge on any atom is 0.311 e. The number of carbonyl (C=O) groups excluding carboxylic acids is 2. The summed E-state index contributed by atoms with van der Waals surface area (Å²) < 4.78 is 0. The zero-order valence-corrected chi connectivity index (χ0v) is 14.8. The maximum absolute atomic E-state index is 12.4. The molecule has 26 heavy (non-hydrogen) atoms. The smallest absolute Gasteiger partial charge is 0.311 e. The topological polar surface area (TPSA) is 99.6 Å². The van der Waals surface area contributed by atoms with E-state index in [0.29, 0.717) is 13.0 Å². The lowest BCUT2D eigenvalue weighted by atomic mass is 9.89. The van der Waals surface area contributed by atoms with Crippen molar-refractivity contribution < 1.29 is 19.5 Å². The van der Waals surface area contributed by atoms with Gasteiger partial charge in [-0.3, -0.25) is 14.4 Å². The first-order valence-electron chi connectivity index (χ1n) is 8.28. The first-order valence-corrected chi connectivity index (χ1v) is 9.22. The van der Waals surface area contributed by atoms with E-state index in [1.807, 2.05) is 35.7 Å². The Morgan fingerprint density at radius 2 is 2.00 bits per heavy atom. The molecule has 7 nitrogen and oxygen atoms in total. The lowest BCUT2D eigenvalue weighted by molar-refractivity contribution is -0.146. The number of hydrogen-bond donors (Lipinski definition) is 2. The van der Waals surface area contributed by atoms with Gasteiger partial charge in [-0.05, 0) is 5.56 Å². The van der Waals surface area contributed by atoms with Crippen LogP contribution in [0.4, 0.5) is 0 Å². The summed E-state index contributed by atoms with van der Waals surface area (Å²) in [5.41, 5.74) is 3.43. The van der Waals surface area contributed by atoms with Gasteiger partial charge in [0.2, 0.25) is 0 Å². The Balaban J connectivity index is 1.60. The van der Waals surface area contributed by atoms with Gasteiger partial charge in [0.05, 0.1) is 17.1 Å². The highest BCUT2D eigenvalue weighted by molar-refractivity contribution is 7.07. The van der Waals surface area contributed by atoms with Crippen molar-refractivity contribution in [2.75, 3.05) is 19.6 Å². The van der Waals surface area contributed by atoms with Crippen LogP contribution in [0, 0.1) is 5.92 Å². The Bertz CT molecular complexity index is 779. The number of aromatic nitrogens is 1. The van der Waals surface area contributed by atoms with E-state index in [1.165, 1.54) is 16.2 Å². The van der Waals surface area contributed by atoms with E-state index in [4.69, 9.17) is 0 Å². The van der Waals surface area contributed by atoms with Crippen molar-refractivity contribution in [1.29, 1.82) is 0 Å². The lowest BCUT2D eigenvalue weighted by Gasteiger charge is -2.16. The molecule has 0 spiro atoms. The van der Waals surface area contributed by atoms with Gasteiger partial charge < -0.3 is 15.3 Å². The number of hydrogen-bond acceptors (Lipinski definition) is 5. The van der Waals surface area contributed by atoms with E-state index in [2.05, 4.69) is 10.3 Å². The fourth-order valence-electron chi connectivity index (χ4n) is 3.14. The number of carboxylic acid groups (broad SMARTS) is 1. The number of thiazole rings is 1. The average Bonchev–Trinajstić information content (AvgIpc) is 3.31. The van der Waals surface area contributed by atoms with Crippen LogP contribution in [0.15, 0.2) is 41.2 Å². The number of nitrogens with zero attached hydrogens (tertiary/aromatic N) is 2. The number of amides is 2. The van der Waals surface area contributed by atoms with Crippen molar-refractivity contribution >= 4 is 29.1 Å². The highest BCUT2D eigenvalue weighted by Crippen LogP contribution is 2.32. The second kappa shape index (κ2) is 8.09. The molecule has 2 amide bonds. The predicted octanol–water partition coefficient (Wildman–Crippen LogP) is 1.13. The number of carbonyl (C=O) groups is 3. The minimum absolute atomic E-state index is 0.0350. The summed E-state index contributed by atoms with van der Waals surface area (Å²) in [6.07, 6.45) is 0.549. The van der Waals surface area contributed by atoms with Gasteiger partial charge in [0.1, 0.15) is 0 Å². The molecule has 0 aliphatic carbocycles. The highest BCUT2D eigenvalue weighted by Gasteiger charge is 2.41. The number of likely N-dealkylation sites (tertiary alicyclic amines) is 1. The number of benzene rings is 1. The number of nitrogens with one attached hydrogen (secondary N) is 1. The molecule has 1 aromatic carbocycles. The molecule has 1 saturated heterocycles. The largest absolute Gasteiger partial charge is 0.481 e. The summed E-state index contributed by atoms with van der Waals surface area (Å²) in [7, 11) is 0. The molecule has 0 saturated carbocycles. The van der Waals surface area contributed by atoms with Crippen molar-refractivity contribution in [3.8, 4) is 0 Å². The molecule has 1 aliphatic heterocycles. The number of carboxylic acids is 1. The summed E-state index contributed by atoms with van der Waals surface area (Å²) in [5.74, 6) is -3.39. The van der Waals surface area contributed by atoms with E-state index in [9.17, 15) is 19.5 Å². The molecule has 2 N–H and O–H groups in total. The van der Waals surface area contributed by atoms with Crippen molar-refractivity contribution in [2.24, 2.45) is 5.92 Å². The Labute approximate surface area is 154 Å². The van der Waals surface area contributed by atoms with Gasteiger partial charge in [-0.2, -0.15) is 0 Å². The molecule has 1 aromatic heterocycles. The monoisotopic (exact) mass is 373 g/mol. The summed E-state index contributed by atoms with van der Waals surface area (Å²) >= 11 is 1.47. The molecule has 2 heterocycles. The molecule has 1 aliphatic rings. The Hall–Kier alpha value is -2.74. The van der Waals surface area contributed by atoms with Crippen molar-refractivity contribution in [2.45, 2.75) is 12.3 Å². The molecule has 2 aromatic rings. The average molecular weight is 373 g/mol. The van der Waals surface area contributed by atoms with Crippen LogP contribution in [-0.2, 0) is 20.8 Å². The molecule has 0 radical (unpaired) electrons. The highest BCUT2D eigenvalue weighted by atomic mass is 32.1. The normalized spacial score (nSPS) is 19.3. The number of aliphatic carboxylic acids is 1. The van der Waals surface area contributed by atoms with Gasteiger partial charge in [-0.1, -0.05) is 30.3 Å². The number of rotatable bonds is 5. The van der Waals surface area contributed by atoms with Crippen molar-refractivity contribution in [3.05, 3.63) is 52.5 Å². The third-order valence-electron chi connectivity index (χ3n) is 4.50. The second-order valence-electron chi connectivity index (χ2n) is 6.16. The van der Waals surface area contributed by atoms with Crippen LogP contribution in [-0.4, -0.2) is 52.4 Å². The third-order valence-corrected chi connectivity index (χ3v) is 5.13. The van der Waals surface area contributed by atoms with Gasteiger partial charge in [0.25, 0.3) is 0 Å². The summed E-state index contributed by atoms with van der Waals surface area (Å²) in [5, 5.41) is 14.0. The van der Waals surface area contributed by atoms with E-state index < -0.39 is 23.7 Å². The Kier molecular flexibility index (Phi) is 5.62. The fraction of sp³-hybridized carbons (Fsp3) is 0.333. The van der Waals surface area contributed by atoms with Gasteiger partial charge in [0, 0.05) is 37.4 Å². The van der Waals surface area contributed by atoms with Crippen molar-refractivity contribution in [3.63, 3.8) is 0 Å². The minimum atomic E-state index is -0.960. The van der Waals surface area contributed by atoms with Crippen LogP contribution in [0.2, 0.25) is 0 Å². The van der Waals surface area contributed by atoms with E-state index in [-0.39, 0.29) is 19.0 Å². The van der Waals surface area contributed by atoms with Gasteiger partial charge in [-0.15, -0.1) is 11.3 Å². The molecule has 0 bridgehead atoms. The maximum atomic E-state index is 12.4. The first kappa shape index (κ1) is 18.1. The second-order valence-corrected chi connectivity index (χ2v) is 6.88. The van der Waals surface area contributed by atoms with E-state index in [0.717, 1.165) is 11.3 Å². The van der Waals surface area contributed by atoms with Gasteiger partial charge >= 0.3 is 17.8 Å². The van der Waals surface area contributed by atoms with Crippen LogP contribution in [0.5, 0.6) is 0 Å². The van der Waals surface area contributed by atoms with Crippen LogP contribution < -0.4 is 5.32 Å². The van der Waals surface area contributed by atoms with Crippen LogP contribution in [0.3, 0.4) is 0 Å². The standard InChI is InChI=1S/C18H19N3O4S/c22-16(19-7-6-13-10-26-11-20-13)17(23)21-8-14(15(9-21)18(24)25)12-4-2-1-3-5-12/h1-5,10-11,14-15H,6-9H2,(H,19,22)(H,24,25)/t14-,15+/m0/s1. The molecule has 1 fully saturated rings. The molecule has 0 unspecified atom stereocenters. The molecule has 2 atom stereocenters. The Morgan fingerprint density at radius 1 is 1.23 bits per heavy atom. The van der Waals surface area contributed by atoms with E-state index >= 15 is 0 Å². The van der Waals surface area contributed by atoms with Crippen LogP contribution >= 0.6 is 11.3 Å². The quantitative estimate of drug-likeness (QED) is 0.766. The molecule has 136 valence electrons. The summed E-state index contributed by atoms with van der Waals surface area (Å²) in [6, 6.07) is 9.23. The fourth-order valence-corrected chi connectivity index (χ4v) is 3.74. The van der Waals surface area contributed by atoms with Crippen molar-refractivity contribution in [1.82, 2.24) is 15.2 Å². The molecular weight excluding hydrogens is 354 g/mol. The Morgan fingerprint density at radius 3 is 2.65 bits per heavy atom.